The molecule has 9 heteroatoms. The lowest BCUT2D eigenvalue weighted by Crippen LogP contribution is -2.28. The van der Waals surface area contributed by atoms with Gasteiger partial charge in [-0.2, -0.15) is 5.10 Å². The average molecular weight is 396 g/mol. The Balaban J connectivity index is 1.50. The van der Waals surface area contributed by atoms with Crippen LogP contribution in [0.25, 0.3) is 11.2 Å². The SMILES string of the molecule is COc1cccc(OC)c1C(=O)NCCn1nc([C@@H]2CCNC2)c2nccnc21. The number of ether oxygens (including phenoxy) is 2. The van der Waals surface area contributed by atoms with Gasteiger partial charge in [0.05, 0.1) is 26.5 Å². The monoisotopic (exact) mass is 396 g/mol. The highest BCUT2D eigenvalue weighted by Crippen LogP contribution is 2.28. The molecule has 3 heterocycles. The number of nitrogens with one attached hydrogen (secondary N) is 2. The summed E-state index contributed by atoms with van der Waals surface area (Å²) in [6, 6.07) is 5.24. The Hall–Kier alpha value is -3.20. The van der Waals surface area contributed by atoms with Crippen molar-refractivity contribution in [3.63, 3.8) is 0 Å². The number of carbonyl (C=O) groups excluding carboxylic acids is 1. The topological polar surface area (TPSA) is 103 Å². The van der Waals surface area contributed by atoms with E-state index < -0.39 is 0 Å². The van der Waals surface area contributed by atoms with Crippen LogP contribution in [-0.2, 0) is 6.54 Å². The summed E-state index contributed by atoms with van der Waals surface area (Å²) in [6.45, 7) is 2.75. The van der Waals surface area contributed by atoms with Crippen molar-refractivity contribution < 1.29 is 14.3 Å². The smallest absolute Gasteiger partial charge is 0.258 e. The van der Waals surface area contributed by atoms with E-state index in [9.17, 15) is 4.79 Å². The third kappa shape index (κ3) is 3.73. The predicted octanol–water partition coefficient (Wildman–Crippen LogP) is 1.35. The van der Waals surface area contributed by atoms with Gasteiger partial charge >= 0.3 is 0 Å². The summed E-state index contributed by atoms with van der Waals surface area (Å²) in [5.74, 6) is 1.01. The van der Waals surface area contributed by atoms with Gasteiger partial charge in [0.15, 0.2) is 5.65 Å². The predicted molar refractivity (Wildman–Crippen MR) is 107 cm³/mol. The molecule has 29 heavy (non-hydrogen) atoms. The van der Waals surface area contributed by atoms with Crippen LogP contribution in [0.2, 0.25) is 0 Å². The van der Waals surface area contributed by atoms with Gasteiger partial charge in [-0.3, -0.25) is 4.79 Å². The van der Waals surface area contributed by atoms with Crippen LogP contribution in [0, 0.1) is 0 Å². The van der Waals surface area contributed by atoms with Crippen LogP contribution < -0.4 is 20.1 Å². The first-order valence-corrected chi connectivity index (χ1v) is 9.60. The highest BCUT2D eigenvalue weighted by Gasteiger charge is 2.24. The number of fused-ring (bicyclic) bond motifs is 1. The van der Waals surface area contributed by atoms with E-state index in [2.05, 4.69) is 20.6 Å². The van der Waals surface area contributed by atoms with E-state index in [1.165, 1.54) is 14.2 Å². The molecule has 2 aromatic heterocycles. The molecule has 4 rings (SSSR count). The zero-order valence-corrected chi connectivity index (χ0v) is 16.5. The third-order valence-corrected chi connectivity index (χ3v) is 5.11. The van der Waals surface area contributed by atoms with Gasteiger partial charge in [-0.15, -0.1) is 0 Å². The maximum atomic E-state index is 12.7. The maximum absolute atomic E-state index is 12.7. The minimum atomic E-state index is -0.262. The molecular weight excluding hydrogens is 372 g/mol. The summed E-state index contributed by atoms with van der Waals surface area (Å²) >= 11 is 0. The lowest BCUT2D eigenvalue weighted by Gasteiger charge is -2.13. The lowest BCUT2D eigenvalue weighted by molar-refractivity contribution is 0.0945. The normalized spacial score (nSPS) is 16.1. The molecule has 1 aliphatic rings. The van der Waals surface area contributed by atoms with Gasteiger partial charge in [-0.05, 0) is 25.1 Å². The van der Waals surface area contributed by atoms with Crippen molar-refractivity contribution in [3.05, 3.63) is 41.9 Å². The molecule has 0 unspecified atom stereocenters. The molecule has 152 valence electrons. The average Bonchev–Trinajstić information content (AvgIpc) is 3.41. The molecular formula is C20H24N6O3. The zero-order valence-electron chi connectivity index (χ0n) is 16.5. The van der Waals surface area contributed by atoms with Crippen LogP contribution in [0.1, 0.15) is 28.4 Å². The van der Waals surface area contributed by atoms with Crippen molar-refractivity contribution >= 4 is 17.1 Å². The molecule has 1 amide bonds. The fraction of sp³-hybridized carbons (Fsp3) is 0.400. The summed E-state index contributed by atoms with van der Waals surface area (Å²) in [4.78, 5) is 21.7. The van der Waals surface area contributed by atoms with Gasteiger partial charge in [-0.1, -0.05) is 6.07 Å². The Morgan fingerprint density at radius 1 is 1.24 bits per heavy atom. The molecule has 3 aromatic rings. The molecule has 2 N–H and O–H groups in total. The molecule has 1 saturated heterocycles. The first-order valence-electron chi connectivity index (χ1n) is 9.60. The number of benzene rings is 1. The quantitative estimate of drug-likeness (QED) is 0.621. The van der Waals surface area contributed by atoms with E-state index in [1.54, 1.807) is 30.6 Å². The summed E-state index contributed by atoms with van der Waals surface area (Å²) in [7, 11) is 3.05. The largest absolute Gasteiger partial charge is 0.496 e. The Kier molecular flexibility index (Phi) is 5.57. The van der Waals surface area contributed by atoms with Crippen LogP contribution in [0.4, 0.5) is 0 Å². The number of nitrogens with zero attached hydrogens (tertiary/aromatic N) is 4. The van der Waals surface area contributed by atoms with Gasteiger partial charge in [0, 0.05) is 31.4 Å². The van der Waals surface area contributed by atoms with E-state index in [1.807, 2.05) is 4.68 Å². The fourth-order valence-corrected chi connectivity index (χ4v) is 3.68. The minimum absolute atomic E-state index is 0.262. The van der Waals surface area contributed by atoms with Crippen molar-refractivity contribution in [2.24, 2.45) is 0 Å². The molecule has 9 nitrogen and oxygen atoms in total. The Morgan fingerprint density at radius 3 is 2.69 bits per heavy atom. The Bertz CT molecular complexity index is 990. The van der Waals surface area contributed by atoms with E-state index >= 15 is 0 Å². The van der Waals surface area contributed by atoms with Crippen molar-refractivity contribution in [2.75, 3.05) is 33.9 Å². The van der Waals surface area contributed by atoms with Gasteiger partial charge in [0.25, 0.3) is 5.91 Å². The molecule has 0 spiro atoms. The van der Waals surface area contributed by atoms with Gasteiger partial charge in [0.1, 0.15) is 22.6 Å². The van der Waals surface area contributed by atoms with Crippen molar-refractivity contribution in [2.45, 2.75) is 18.9 Å². The van der Waals surface area contributed by atoms with Gasteiger partial charge in [0.2, 0.25) is 0 Å². The number of rotatable bonds is 7. The van der Waals surface area contributed by atoms with Crippen LogP contribution in [-0.4, -0.2) is 59.5 Å². The molecule has 0 radical (unpaired) electrons. The number of aromatic nitrogens is 4. The summed E-state index contributed by atoms with van der Waals surface area (Å²) in [5.41, 5.74) is 2.91. The van der Waals surface area contributed by atoms with Crippen molar-refractivity contribution in [3.8, 4) is 11.5 Å². The third-order valence-electron chi connectivity index (χ3n) is 5.11. The highest BCUT2D eigenvalue weighted by atomic mass is 16.5. The molecule has 0 bridgehead atoms. The standard InChI is InChI=1S/C20H24N6O3/c1-28-14-4-3-5-15(29-2)16(14)20(27)24-10-11-26-19-18(22-8-9-23-19)17(25-26)13-6-7-21-12-13/h3-5,8-9,13,21H,6-7,10-12H2,1-2H3,(H,24,27)/t13-/m1/s1. The second-order valence-electron chi connectivity index (χ2n) is 6.82. The summed E-state index contributed by atoms with van der Waals surface area (Å²) in [5, 5.41) is 11.0. The van der Waals surface area contributed by atoms with Crippen molar-refractivity contribution in [1.82, 2.24) is 30.4 Å². The van der Waals surface area contributed by atoms with Crippen LogP contribution in [0.3, 0.4) is 0 Å². The maximum Gasteiger partial charge on any atom is 0.258 e. The number of amides is 1. The molecule has 1 aliphatic heterocycles. The number of methoxy groups -OCH3 is 2. The number of hydrogen-bond donors (Lipinski definition) is 2. The van der Waals surface area contributed by atoms with Crippen LogP contribution in [0.5, 0.6) is 11.5 Å². The van der Waals surface area contributed by atoms with Crippen LogP contribution in [0.15, 0.2) is 30.6 Å². The number of carbonyl (C=O) groups is 1. The first-order chi connectivity index (χ1) is 14.2. The second-order valence-corrected chi connectivity index (χ2v) is 6.82. The molecule has 1 fully saturated rings. The number of hydrogen-bond acceptors (Lipinski definition) is 7. The van der Waals surface area contributed by atoms with Crippen LogP contribution >= 0.6 is 0 Å². The van der Waals surface area contributed by atoms with Gasteiger partial charge < -0.3 is 20.1 Å². The molecule has 1 atom stereocenters. The van der Waals surface area contributed by atoms with E-state index in [4.69, 9.17) is 14.6 Å². The van der Waals surface area contributed by atoms with Gasteiger partial charge in [-0.25, -0.2) is 14.6 Å². The lowest BCUT2D eigenvalue weighted by atomic mass is 10.0. The Morgan fingerprint density at radius 2 is 2.00 bits per heavy atom. The first kappa shape index (κ1) is 19.1. The summed E-state index contributed by atoms with van der Waals surface area (Å²) < 4.78 is 12.4. The molecule has 0 saturated carbocycles. The Labute approximate surface area is 168 Å². The van der Waals surface area contributed by atoms with E-state index in [0.29, 0.717) is 36.1 Å². The molecule has 0 aliphatic carbocycles. The second kappa shape index (κ2) is 8.44. The van der Waals surface area contributed by atoms with E-state index in [0.717, 1.165) is 36.4 Å². The van der Waals surface area contributed by atoms with E-state index in [-0.39, 0.29) is 5.91 Å². The zero-order chi connectivity index (χ0) is 20.2. The van der Waals surface area contributed by atoms with Crippen molar-refractivity contribution in [1.29, 1.82) is 0 Å². The summed E-state index contributed by atoms with van der Waals surface area (Å²) in [6.07, 6.45) is 4.39. The fourth-order valence-electron chi connectivity index (χ4n) is 3.68. The molecule has 1 aromatic carbocycles. The minimum Gasteiger partial charge on any atom is -0.496 e. The highest BCUT2D eigenvalue weighted by molar-refractivity contribution is 5.99.